The van der Waals surface area contributed by atoms with Crippen molar-refractivity contribution in [1.82, 2.24) is 14.8 Å². The molecule has 0 atom stereocenters. The van der Waals surface area contributed by atoms with Crippen LogP contribution in [0.15, 0.2) is 10.6 Å². The van der Waals surface area contributed by atoms with Crippen molar-refractivity contribution in [3.05, 3.63) is 17.5 Å². The first-order valence-corrected chi connectivity index (χ1v) is 8.75. The van der Waals surface area contributed by atoms with Gasteiger partial charge in [0.2, 0.25) is 15.9 Å². The van der Waals surface area contributed by atoms with E-state index in [1.165, 1.54) is 4.31 Å². The molecule has 0 aromatic carbocycles. The first-order chi connectivity index (χ1) is 9.97. The molecule has 1 aromatic heterocycles. The van der Waals surface area contributed by atoms with E-state index in [0.29, 0.717) is 24.5 Å². The minimum Gasteiger partial charge on any atom is -0.361 e. The van der Waals surface area contributed by atoms with Gasteiger partial charge in [0.1, 0.15) is 5.76 Å². The molecule has 7 nitrogen and oxygen atoms in total. The largest absolute Gasteiger partial charge is 0.361 e. The molecule has 2 heterocycles. The van der Waals surface area contributed by atoms with E-state index >= 15 is 0 Å². The molecule has 2 rings (SSSR count). The van der Waals surface area contributed by atoms with Gasteiger partial charge in [-0.05, 0) is 19.8 Å². The Hall–Kier alpha value is -1.41. The van der Waals surface area contributed by atoms with Crippen LogP contribution in [0.25, 0.3) is 0 Å². The van der Waals surface area contributed by atoms with Crippen molar-refractivity contribution in [3.63, 3.8) is 0 Å². The number of rotatable bonds is 6. The van der Waals surface area contributed by atoms with Crippen LogP contribution in [0, 0.1) is 6.92 Å². The Balaban J connectivity index is 1.74. The summed E-state index contributed by atoms with van der Waals surface area (Å²) in [6, 6.07) is 1.68. The van der Waals surface area contributed by atoms with Gasteiger partial charge in [0.15, 0.2) is 0 Å². The number of hydrogen-bond donors (Lipinski definition) is 1. The second-order valence-electron chi connectivity index (χ2n) is 5.23. The molecule has 1 amide bonds. The van der Waals surface area contributed by atoms with Gasteiger partial charge in [0, 0.05) is 25.7 Å². The van der Waals surface area contributed by atoms with Gasteiger partial charge in [0.25, 0.3) is 0 Å². The first kappa shape index (κ1) is 16.0. The fourth-order valence-electron chi connectivity index (χ4n) is 2.32. The monoisotopic (exact) mass is 315 g/mol. The second-order valence-corrected chi connectivity index (χ2v) is 7.32. The molecule has 0 radical (unpaired) electrons. The highest BCUT2D eigenvalue weighted by atomic mass is 32.2. The summed E-state index contributed by atoms with van der Waals surface area (Å²) in [5, 5.41) is 6.33. The average Bonchev–Trinajstić information content (AvgIpc) is 2.85. The predicted octanol–water partition coefficient (Wildman–Crippen LogP) is 0.457. The molecule has 8 heteroatoms. The fraction of sp³-hybridized carbons (Fsp3) is 0.692. The lowest BCUT2D eigenvalue weighted by Crippen LogP contribution is -2.40. The SMILES string of the molecule is Cc1cc(CC(=O)NCCS(=O)(=O)N2CCCCC2)no1. The molecule has 1 aliphatic heterocycles. The summed E-state index contributed by atoms with van der Waals surface area (Å²) in [7, 11) is -3.26. The Bertz CT molecular complexity index is 576. The van der Waals surface area contributed by atoms with E-state index in [9.17, 15) is 13.2 Å². The highest BCUT2D eigenvalue weighted by Gasteiger charge is 2.23. The van der Waals surface area contributed by atoms with Gasteiger partial charge in [-0.2, -0.15) is 0 Å². The van der Waals surface area contributed by atoms with E-state index in [4.69, 9.17) is 4.52 Å². The van der Waals surface area contributed by atoms with E-state index in [-0.39, 0.29) is 24.6 Å². The number of nitrogens with one attached hydrogen (secondary N) is 1. The molecule has 1 saturated heterocycles. The number of amides is 1. The molecule has 0 saturated carbocycles. The lowest BCUT2D eigenvalue weighted by atomic mass is 10.2. The highest BCUT2D eigenvalue weighted by molar-refractivity contribution is 7.89. The van der Waals surface area contributed by atoms with E-state index in [1.807, 2.05) is 0 Å². The number of carbonyl (C=O) groups excluding carboxylic acids is 1. The van der Waals surface area contributed by atoms with Gasteiger partial charge in [-0.15, -0.1) is 0 Å². The molecule has 118 valence electrons. The minimum absolute atomic E-state index is 0.0589. The Labute approximate surface area is 124 Å². The molecule has 0 aliphatic carbocycles. The van der Waals surface area contributed by atoms with Crippen LogP contribution in [0.1, 0.15) is 30.7 Å². The molecule has 0 unspecified atom stereocenters. The van der Waals surface area contributed by atoms with Crippen molar-refractivity contribution in [2.45, 2.75) is 32.6 Å². The third-order valence-corrected chi connectivity index (χ3v) is 5.28. The van der Waals surface area contributed by atoms with Gasteiger partial charge in [-0.1, -0.05) is 11.6 Å². The average molecular weight is 315 g/mol. The Kier molecular flexibility index (Phi) is 5.35. The molecule has 1 N–H and O–H groups in total. The Morgan fingerprint density at radius 1 is 1.38 bits per heavy atom. The van der Waals surface area contributed by atoms with Crippen molar-refractivity contribution >= 4 is 15.9 Å². The van der Waals surface area contributed by atoms with Crippen LogP contribution in [0.4, 0.5) is 0 Å². The Morgan fingerprint density at radius 3 is 2.71 bits per heavy atom. The first-order valence-electron chi connectivity index (χ1n) is 7.14. The summed E-state index contributed by atoms with van der Waals surface area (Å²) in [5.41, 5.74) is 0.545. The lowest BCUT2D eigenvalue weighted by molar-refractivity contribution is -0.120. The van der Waals surface area contributed by atoms with E-state index in [2.05, 4.69) is 10.5 Å². The zero-order chi connectivity index (χ0) is 15.3. The summed E-state index contributed by atoms with van der Waals surface area (Å²) in [6.07, 6.45) is 3.01. The van der Waals surface area contributed by atoms with Crippen LogP contribution in [-0.2, 0) is 21.2 Å². The summed E-state index contributed by atoms with van der Waals surface area (Å²) >= 11 is 0. The molecular formula is C13H21N3O4S. The molecule has 1 fully saturated rings. The number of sulfonamides is 1. The number of piperidine rings is 1. The summed E-state index contributed by atoms with van der Waals surface area (Å²) in [5.74, 6) is 0.332. The van der Waals surface area contributed by atoms with Gasteiger partial charge in [-0.3, -0.25) is 4.79 Å². The smallest absolute Gasteiger partial charge is 0.226 e. The number of carbonyl (C=O) groups is 1. The molecule has 1 aliphatic rings. The number of nitrogens with zero attached hydrogens (tertiary/aromatic N) is 2. The van der Waals surface area contributed by atoms with Gasteiger partial charge in [-0.25, -0.2) is 12.7 Å². The standard InChI is InChI=1S/C13H21N3O4S/c1-11-9-12(15-20-11)10-13(17)14-5-8-21(18,19)16-6-3-2-4-7-16/h9H,2-8,10H2,1H3,(H,14,17). The maximum absolute atomic E-state index is 12.1. The van der Waals surface area contributed by atoms with Crippen LogP contribution in [0.2, 0.25) is 0 Å². The quantitative estimate of drug-likeness (QED) is 0.823. The van der Waals surface area contributed by atoms with E-state index < -0.39 is 10.0 Å². The van der Waals surface area contributed by atoms with E-state index in [0.717, 1.165) is 19.3 Å². The maximum atomic E-state index is 12.1. The van der Waals surface area contributed by atoms with Crippen molar-refractivity contribution < 1.29 is 17.7 Å². The minimum atomic E-state index is -3.26. The maximum Gasteiger partial charge on any atom is 0.226 e. The van der Waals surface area contributed by atoms with Crippen molar-refractivity contribution in [2.75, 3.05) is 25.4 Å². The van der Waals surface area contributed by atoms with Gasteiger partial charge in [0.05, 0.1) is 17.9 Å². The van der Waals surface area contributed by atoms with Gasteiger partial charge < -0.3 is 9.84 Å². The van der Waals surface area contributed by atoms with Crippen LogP contribution >= 0.6 is 0 Å². The number of aromatic nitrogens is 1. The fourth-order valence-corrected chi connectivity index (χ4v) is 3.75. The number of aryl methyl sites for hydroxylation is 1. The lowest BCUT2D eigenvalue weighted by Gasteiger charge is -2.25. The molecule has 21 heavy (non-hydrogen) atoms. The zero-order valence-corrected chi connectivity index (χ0v) is 13.0. The van der Waals surface area contributed by atoms with Crippen molar-refractivity contribution in [3.8, 4) is 0 Å². The molecular weight excluding hydrogens is 294 g/mol. The van der Waals surface area contributed by atoms with Gasteiger partial charge >= 0.3 is 0 Å². The number of hydrogen-bond acceptors (Lipinski definition) is 5. The highest BCUT2D eigenvalue weighted by Crippen LogP contribution is 2.13. The van der Waals surface area contributed by atoms with Crippen LogP contribution in [-0.4, -0.2) is 49.2 Å². The molecule has 0 spiro atoms. The summed E-state index contributed by atoms with van der Waals surface area (Å²) in [6.45, 7) is 3.05. The van der Waals surface area contributed by atoms with Crippen molar-refractivity contribution in [2.24, 2.45) is 0 Å². The summed E-state index contributed by atoms with van der Waals surface area (Å²) in [4.78, 5) is 11.7. The van der Waals surface area contributed by atoms with Crippen LogP contribution < -0.4 is 5.32 Å². The zero-order valence-electron chi connectivity index (χ0n) is 12.2. The van der Waals surface area contributed by atoms with Crippen LogP contribution in [0.3, 0.4) is 0 Å². The van der Waals surface area contributed by atoms with Crippen LogP contribution in [0.5, 0.6) is 0 Å². The summed E-state index contributed by atoms with van der Waals surface area (Å²) < 4.78 is 30.5. The van der Waals surface area contributed by atoms with Crippen molar-refractivity contribution in [1.29, 1.82) is 0 Å². The molecule has 0 bridgehead atoms. The topological polar surface area (TPSA) is 92.5 Å². The predicted molar refractivity (Wildman–Crippen MR) is 77.2 cm³/mol. The molecule has 1 aromatic rings. The third kappa shape index (κ3) is 4.82. The second kappa shape index (κ2) is 7.04. The Morgan fingerprint density at radius 2 is 2.10 bits per heavy atom. The normalized spacial score (nSPS) is 16.8. The van der Waals surface area contributed by atoms with E-state index in [1.54, 1.807) is 13.0 Å². The third-order valence-electron chi connectivity index (χ3n) is 3.41.